The predicted molar refractivity (Wildman–Crippen MR) is 78.5 cm³/mol. The van der Waals surface area contributed by atoms with Gasteiger partial charge in [-0.3, -0.25) is 9.59 Å². The molecule has 0 aliphatic rings. The van der Waals surface area contributed by atoms with Gasteiger partial charge < -0.3 is 15.6 Å². The van der Waals surface area contributed by atoms with Crippen LogP contribution in [0.25, 0.3) is 10.9 Å². The first-order valence-corrected chi connectivity index (χ1v) is 6.69. The Kier molecular flexibility index (Phi) is 4.40. The summed E-state index contributed by atoms with van der Waals surface area (Å²) in [5.74, 6) is -0.0626. The van der Waals surface area contributed by atoms with Crippen LogP contribution in [0.3, 0.4) is 0 Å². The second kappa shape index (κ2) is 6.23. The molecule has 0 saturated heterocycles. The van der Waals surface area contributed by atoms with Crippen molar-refractivity contribution >= 4 is 22.7 Å². The quantitative estimate of drug-likeness (QED) is 0.775. The molecule has 0 atom stereocenters. The molecule has 0 fully saturated rings. The van der Waals surface area contributed by atoms with Crippen molar-refractivity contribution in [2.24, 2.45) is 5.92 Å². The summed E-state index contributed by atoms with van der Waals surface area (Å²) >= 11 is 0. The molecule has 2 aromatic rings. The number of rotatable bonds is 5. The zero-order valence-corrected chi connectivity index (χ0v) is 11.7. The Balaban J connectivity index is 1.90. The monoisotopic (exact) mass is 273 g/mol. The molecule has 3 N–H and O–H groups in total. The van der Waals surface area contributed by atoms with Gasteiger partial charge in [-0.25, -0.2) is 0 Å². The summed E-state index contributed by atoms with van der Waals surface area (Å²) in [6.45, 7) is 4.63. The molecule has 0 unspecified atom stereocenters. The van der Waals surface area contributed by atoms with Gasteiger partial charge in [-0.15, -0.1) is 0 Å². The van der Waals surface area contributed by atoms with E-state index in [1.807, 2.05) is 38.1 Å². The van der Waals surface area contributed by atoms with Crippen molar-refractivity contribution in [2.75, 3.05) is 13.1 Å². The summed E-state index contributed by atoms with van der Waals surface area (Å²) in [4.78, 5) is 26.5. The molecule has 106 valence electrons. The number of aromatic amines is 1. The second-order valence-electron chi connectivity index (χ2n) is 5.15. The van der Waals surface area contributed by atoms with E-state index < -0.39 is 0 Å². The first-order valence-electron chi connectivity index (χ1n) is 6.69. The van der Waals surface area contributed by atoms with Gasteiger partial charge in [0.2, 0.25) is 5.91 Å². The number of H-pyrrole nitrogens is 1. The van der Waals surface area contributed by atoms with E-state index in [0.717, 1.165) is 10.9 Å². The van der Waals surface area contributed by atoms with Crippen LogP contribution in [0.2, 0.25) is 0 Å². The molecule has 1 aromatic carbocycles. The number of fused-ring (bicyclic) bond motifs is 1. The van der Waals surface area contributed by atoms with Crippen molar-refractivity contribution in [2.45, 2.75) is 13.8 Å². The van der Waals surface area contributed by atoms with Crippen LogP contribution in [-0.4, -0.2) is 29.9 Å². The van der Waals surface area contributed by atoms with E-state index in [0.29, 0.717) is 18.2 Å². The fraction of sp³-hybridized carbons (Fsp3) is 0.333. The van der Waals surface area contributed by atoms with Crippen LogP contribution in [-0.2, 0) is 4.79 Å². The van der Waals surface area contributed by atoms with Gasteiger partial charge in [0.15, 0.2) is 0 Å². The Morgan fingerprint density at radius 1 is 1.20 bits per heavy atom. The molecule has 0 radical (unpaired) electrons. The largest absolute Gasteiger partial charge is 0.354 e. The highest BCUT2D eigenvalue weighted by Crippen LogP contribution is 2.14. The van der Waals surface area contributed by atoms with Crippen LogP contribution in [0.1, 0.15) is 24.3 Å². The summed E-state index contributed by atoms with van der Waals surface area (Å²) in [5, 5.41) is 6.33. The Bertz CT molecular complexity index is 583. The summed E-state index contributed by atoms with van der Waals surface area (Å²) < 4.78 is 0. The lowest BCUT2D eigenvalue weighted by Gasteiger charge is -2.08. The molecule has 0 bridgehead atoms. The third kappa shape index (κ3) is 3.60. The molecule has 0 saturated carbocycles. The highest BCUT2D eigenvalue weighted by Gasteiger charge is 2.10. The first-order chi connectivity index (χ1) is 9.56. The minimum absolute atomic E-state index is 0.0130. The van der Waals surface area contributed by atoms with Crippen LogP contribution in [0.4, 0.5) is 0 Å². The van der Waals surface area contributed by atoms with Crippen LogP contribution in [0.15, 0.2) is 30.3 Å². The zero-order valence-electron chi connectivity index (χ0n) is 11.7. The topological polar surface area (TPSA) is 74.0 Å². The lowest BCUT2D eigenvalue weighted by atomic mass is 10.2. The van der Waals surface area contributed by atoms with Gasteiger partial charge in [-0.2, -0.15) is 0 Å². The Morgan fingerprint density at radius 2 is 1.95 bits per heavy atom. The summed E-state index contributed by atoms with van der Waals surface area (Å²) in [6.07, 6.45) is 0. The minimum atomic E-state index is -0.277. The smallest absolute Gasteiger partial charge is 0.268 e. The SMILES string of the molecule is CC(C)CNC(=O)CNC(=O)c1cc2ccccc2[nH]1. The summed E-state index contributed by atoms with van der Waals surface area (Å²) in [5.41, 5.74) is 1.37. The van der Waals surface area contributed by atoms with Crippen molar-refractivity contribution in [3.63, 3.8) is 0 Å². The van der Waals surface area contributed by atoms with Crippen LogP contribution >= 0.6 is 0 Å². The highest BCUT2D eigenvalue weighted by molar-refractivity contribution is 5.99. The van der Waals surface area contributed by atoms with Crippen LogP contribution in [0.5, 0.6) is 0 Å². The fourth-order valence-electron chi connectivity index (χ4n) is 1.83. The van der Waals surface area contributed by atoms with E-state index in [4.69, 9.17) is 0 Å². The van der Waals surface area contributed by atoms with E-state index >= 15 is 0 Å². The number of carbonyl (C=O) groups is 2. The Morgan fingerprint density at radius 3 is 2.65 bits per heavy atom. The van der Waals surface area contributed by atoms with E-state index in [1.165, 1.54) is 0 Å². The highest BCUT2D eigenvalue weighted by atomic mass is 16.2. The number of aromatic nitrogens is 1. The first kappa shape index (κ1) is 14.1. The van der Waals surface area contributed by atoms with Crippen molar-refractivity contribution in [1.82, 2.24) is 15.6 Å². The van der Waals surface area contributed by atoms with Crippen LogP contribution < -0.4 is 10.6 Å². The maximum absolute atomic E-state index is 11.9. The van der Waals surface area contributed by atoms with Gasteiger partial charge in [-0.1, -0.05) is 32.0 Å². The number of carbonyl (C=O) groups excluding carboxylic acids is 2. The zero-order chi connectivity index (χ0) is 14.5. The number of amides is 2. The molecule has 5 nitrogen and oxygen atoms in total. The van der Waals surface area contributed by atoms with Crippen molar-refractivity contribution in [3.05, 3.63) is 36.0 Å². The van der Waals surface area contributed by atoms with Crippen molar-refractivity contribution in [1.29, 1.82) is 0 Å². The molecule has 0 aliphatic carbocycles. The molecular formula is C15H19N3O2. The van der Waals surface area contributed by atoms with Gasteiger partial charge in [0.25, 0.3) is 5.91 Å². The van der Waals surface area contributed by atoms with Gasteiger partial charge in [0.05, 0.1) is 6.54 Å². The lowest BCUT2D eigenvalue weighted by Crippen LogP contribution is -2.38. The minimum Gasteiger partial charge on any atom is -0.354 e. The van der Waals surface area contributed by atoms with Gasteiger partial charge in [-0.05, 0) is 18.1 Å². The average Bonchev–Trinajstić information content (AvgIpc) is 2.86. The lowest BCUT2D eigenvalue weighted by molar-refractivity contribution is -0.120. The number of hydrogen-bond donors (Lipinski definition) is 3. The summed E-state index contributed by atoms with van der Waals surface area (Å²) in [6, 6.07) is 9.42. The fourth-order valence-corrected chi connectivity index (χ4v) is 1.83. The van der Waals surface area contributed by atoms with E-state index in [-0.39, 0.29) is 18.4 Å². The third-order valence-electron chi connectivity index (χ3n) is 2.89. The Hall–Kier alpha value is -2.30. The molecular weight excluding hydrogens is 254 g/mol. The number of hydrogen-bond acceptors (Lipinski definition) is 2. The van der Waals surface area contributed by atoms with E-state index in [2.05, 4.69) is 15.6 Å². The number of para-hydroxylation sites is 1. The van der Waals surface area contributed by atoms with Gasteiger partial charge >= 0.3 is 0 Å². The predicted octanol–water partition coefficient (Wildman–Crippen LogP) is 1.67. The van der Waals surface area contributed by atoms with Gasteiger partial charge in [0.1, 0.15) is 5.69 Å². The number of benzene rings is 1. The maximum Gasteiger partial charge on any atom is 0.268 e. The molecule has 1 aromatic heterocycles. The average molecular weight is 273 g/mol. The molecule has 5 heteroatoms. The molecule has 1 heterocycles. The molecule has 0 aliphatic heterocycles. The normalized spacial score (nSPS) is 10.8. The van der Waals surface area contributed by atoms with Crippen molar-refractivity contribution in [3.8, 4) is 0 Å². The molecule has 20 heavy (non-hydrogen) atoms. The molecule has 2 rings (SSSR count). The van der Waals surface area contributed by atoms with E-state index in [9.17, 15) is 9.59 Å². The van der Waals surface area contributed by atoms with Gasteiger partial charge in [0, 0.05) is 17.4 Å². The van der Waals surface area contributed by atoms with E-state index in [1.54, 1.807) is 6.07 Å². The van der Waals surface area contributed by atoms with Crippen LogP contribution in [0, 0.1) is 5.92 Å². The standard InChI is InChI=1S/C15H19N3O2/c1-10(2)8-16-14(19)9-17-15(20)13-7-11-5-3-4-6-12(11)18-13/h3-7,10,18H,8-9H2,1-2H3,(H,16,19)(H,17,20). The maximum atomic E-state index is 11.9. The molecule has 0 spiro atoms. The molecule has 2 amide bonds. The number of nitrogens with one attached hydrogen (secondary N) is 3. The van der Waals surface area contributed by atoms with Crippen molar-refractivity contribution < 1.29 is 9.59 Å². The second-order valence-corrected chi connectivity index (χ2v) is 5.15. The summed E-state index contributed by atoms with van der Waals surface area (Å²) in [7, 11) is 0. The Labute approximate surface area is 117 Å². The third-order valence-corrected chi connectivity index (χ3v) is 2.89.